The molecule has 0 aliphatic carbocycles. The lowest BCUT2D eigenvalue weighted by Crippen LogP contribution is -2.40. The Kier molecular flexibility index (Phi) is 4.61. The number of likely N-dealkylation sites (tertiary alicyclic amines) is 1. The zero-order chi connectivity index (χ0) is 16.2. The Hall–Kier alpha value is -2.35. The highest BCUT2D eigenvalue weighted by Crippen LogP contribution is 2.27. The first-order valence-electron chi connectivity index (χ1n) is 7.58. The van der Waals surface area contributed by atoms with E-state index in [1.165, 1.54) is 7.11 Å². The Labute approximate surface area is 133 Å². The van der Waals surface area contributed by atoms with Crippen LogP contribution in [0.25, 0.3) is 11.5 Å². The zero-order valence-electron chi connectivity index (χ0n) is 13.2. The van der Waals surface area contributed by atoms with Crippen LogP contribution in [-0.2, 0) is 9.53 Å². The van der Waals surface area contributed by atoms with Crippen molar-refractivity contribution in [3.05, 3.63) is 23.7 Å². The highest BCUT2D eigenvalue weighted by atomic mass is 16.5. The number of carbonyl (C=O) groups is 1. The van der Waals surface area contributed by atoms with E-state index >= 15 is 0 Å². The van der Waals surface area contributed by atoms with Gasteiger partial charge in [0, 0.05) is 20.2 Å². The molecule has 3 rings (SSSR count). The van der Waals surface area contributed by atoms with Gasteiger partial charge in [-0.1, -0.05) is 5.16 Å². The normalized spacial score (nSPS) is 18.2. The van der Waals surface area contributed by atoms with Gasteiger partial charge < -0.3 is 14.2 Å². The van der Waals surface area contributed by atoms with E-state index in [4.69, 9.17) is 9.26 Å². The van der Waals surface area contributed by atoms with E-state index in [9.17, 15) is 4.79 Å². The van der Waals surface area contributed by atoms with Crippen LogP contribution in [0.4, 0.5) is 0 Å². The van der Waals surface area contributed by atoms with Crippen molar-refractivity contribution >= 4 is 5.91 Å². The van der Waals surface area contributed by atoms with E-state index in [1.54, 1.807) is 4.90 Å². The molecule has 2 aromatic rings. The zero-order valence-corrected chi connectivity index (χ0v) is 13.2. The molecule has 8 heteroatoms. The monoisotopic (exact) mass is 317 g/mol. The number of carbonyl (C=O) groups excluding carboxylic acids is 1. The van der Waals surface area contributed by atoms with Gasteiger partial charge in [-0.15, -0.1) is 5.10 Å². The van der Waals surface area contributed by atoms with Crippen molar-refractivity contribution < 1.29 is 14.1 Å². The van der Waals surface area contributed by atoms with Crippen LogP contribution < -0.4 is 0 Å². The summed E-state index contributed by atoms with van der Waals surface area (Å²) in [5.41, 5.74) is 1.41. The predicted octanol–water partition coefficient (Wildman–Crippen LogP) is 1.19. The molecule has 122 valence electrons. The molecule has 0 saturated carbocycles. The van der Waals surface area contributed by atoms with Crippen LogP contribution in [0.2, 0.25) is 0 Å². The van der Waals surface area contributed by atoms with Gasteiger partial charge in [0.2, 0.25) is 17.6 Å². The van der Waals surface area contributed by atoms with Crippen molar-refractivity contribution in [2.75, 3.05) is 26.8 Å². The van der Waals surface area contributed by atoms with Gasteiger partial charge in [0.1, 0.15) is 12.3 Å². The molecule has 23 heavy (non-hydrogen) atoms. The lowest BCUT2D eigenvalue weighted by Gasteiger charge is -2.30. The molecule has 2 aromatic heterocycles. The highest BCUT2D eigenvalue weighted by Gasteiger charge is 2.28. The van der Waals surface area contributed by atoms with Crippen LogP contribution in [0, 0.1) is 6.92 Å². The summed E-state index contributed by atoms with van der Waals surface area (Å²) in [5, 5.41) is 12.0. The Morgan fingerprint density at radius 3 is 3.04 bits per heavy atom. The number of hydrogen-bond acceptors (Lipinski definition) is 7. The van der Waals surface area contributed by atoms with Crippen LogP contribution in [0.3, 0.4) is 0 Å². The van der Waals surface area contributed by atoms with Crippen molar-refractivity contribution in [3.63, 3.8) is 0 Å². The summed E-state index contributed by atoms with van der Waals surface area (Å²) in [5.74, 6) is 0.996. The molecule has 8 nitrogen and oxygen atoms in total. The summed E-state index contributed by atoms with van der Waals surface area (Å²) >= 11 is 0. The summed E-state index contributed by atoms with van der Waals surface area (Å²) in [4.78, 5) is 18.2. The smallest absolute Gasteiger partial charge is 0.248 e. The van der Waals surface area contributed by atoms with Gasteiger partial charge in [0.25, 0.3) is 0 Å². The number of methoxy groups -OCH3 is 1. The summed E-state index contributed by atoms with van der Waals surface area (Å²) < 4.78 is 10.3. The molecule has 1 fully saturated rings. The second kappa shape index (κ2) is 6.82. The standard InChI is InChI=1S/C15H19N5O3/c1-10-5-6-12(18-17-10)14-16-15(23-19-14)11-4-3-7-20(8-11)13(21)9-22-2/h5-6,11H,3-4,7-9H2,1-2H3. The summed E-state index contributed by atoms with van der Waals surface area (Å²) in [6.07, 6.45) is 1.82. The fourth-order valence-electron chi connectivity index (χ4n) is 2.64. The number of amides is 1. The van der Waals surface area contributed by atoms with Crippen LogP contribution in [-0.4, -0.2) is 58.0 Å². The number of hydrogen-bond donors (Lipinski definition) is 0. The van der Waals surface area contributed by atoms with Crippen molar-refractivity contribution in [2.45, 2.75) is 25.7 Å². The molecule has 1 atom stereocenters. The van der Waals surface area contributed by atoms with E-state index in [-0.39, 0.29) is 18.4 Å². The number of aromatic nitrogens is 4. The fourth-order valence-corrected chi connectivity index (χ4v) is 2.64. The van der Waals surface area contributed by atoms with Gasteiger partial charge in [0.05, 0.1) is 11.6 Å². The molecule has 1 saturated heterocycles. The Bertz CT molecular complexity index is 670. The van der Waals surface area contributed by atoms with Crippen molar-refractivity contribution in [1.82, 2.24) is 25.2 Å². The number of aryl methyl sites for hydroxylation is 1. The average Bonchev–Trinajstić information content (AvgIpc) is 3.06. The van der Waals surface area contributed by atoms with Crippen molar-refractivity contribution in [1.29, 1.82) is 0 Å². The third-order valence-corrected chi connectivity index (χ3v) is 3.86. The second-order valence-electron chi connectivity index (χ2n) is 5.63. The summed E-state index contributed by atoms with van der Waals surface area (Å²) in [6, 6.07) is 3.66. The van der Waals surface area contributed by atoms with Gasteiger partial charge in [-0.2, -0.15) is 10.1 Å². The fraction of sp³-hybridized carbons (Fsp3) is 0.533. The minimum absolute atomic E-state index is 0.0126. The van der Waals surface area contributed by atoms with E-state index in [1.807, 2.05) is 19.1 Å². The van der Waals surface area contributed by atoms with E-state index in [0.29, 0.717) is 24.0 Å². The predicted molar refractivity (Wildman–Crippen MR) is 80.5 cm³/mol. The topological polar surface area (TPSA) is 94.2 Å². The molecule has 1 aliphatic heterocycles. The summed E-state index contributed by atoms with van der Waals surface area (Å²) in [7, 11) is 1.52. The van der Waals surface area contributed by atoms with Crippen LogP contribution in [0.15, 0.2) is 16.7 Å². The number of nitrogens with zero attached hydrogens (tertiary/aromatic N) is 5. The average molecular weight is 317 g/mol. The molecule has 0 bridgehead atoms. The Balaban J connectivity index is 1.72. The molecule has 0 aromatic carbocycles. The van der Waals surface area contributed by atoms with Gasteiger partial charge >= 0.3 is 0 Å². The molecular formula is C15H19N5O3. The number of ether oxygens (including phenoxy) is 1. The second-order valence-corrected chi connectivity index (χ2v) is 5.63. The molecule has 1 aliphatic rings. The molecular weight excluding hydrogens is 298 g/mol. The van der Waals surface area contributed by atoms with Gasteiger partial charge in [0.15, 0.2) is 0 Å². The Morgan fingerprint density at radius 2 is 2.30 bits per heavy atom. The minimum atomic E-state index is -0.0126. The lowest BCUT2D eigenvalue weighted by atomic mass is 9.98. The van der Waals surface area contributed by atoms with Crippen LogP contribution in [0.5, 0.6) is 0 Å². The lowest BCUT2D eigenvalue weighted by molar-refractivity contribution is -0.136. The van der Waals surface area contributed by atoms with Gasteiger partial charge in [-0.3, -0.25) is 4.79 Å². The molecule has 1 unspecified atom stereocenters. The van der Waals surface area contributed by atoms with Gasteiger partial charge in [-0.25, -0.2) is 0 Å². The van der Waals surface area contributed by atoms with Crippen LogP contribution in [0.1, 0.15) is 30.3 Å². The van der Waals surface area contributed by atoms with E-state index < -0.39 is 0 Å². The minimum Gasteiger partial charge on any atom is -0.375 e. The number of piperidine rings is 1. The Morgan fingerprint density at radius 1 is 1.43 bits per heavy atom. The molecule has 0 radical (unpaired) electrons. The maximum absolute atomic E-state index is 11.9. The molecule has 0 N–H and O–H groups in total. The SMILES string of the molecule is COCC(=O)N1CCCC(c2nc(-c3ccc(C)nn3)no2)C1. The molecule has 1 amide bonds. The number of rotatable bonds is 4. The summed E-state index contributed by atoms with van der Waals surface area (Å²) in [6.45, 7) is 3.28. The third-order valence-electron chi connectivity index (χ3n) is 3.86. The van der Waals surface area contributed by atoms with Crippen LogP contribution >= 0.6 is 0 Å². The third kappa shape index (κ3) is 3.53. The van der Waals surface area contributed by atoms with E-state index in [0.717, 1.165) is 25.1 Å². The molecule has 0 spiro atoms. The van der Waals surface area contributed by atoms with Gasteiger partial charge in [-0.05, 0) is 31.9 Å². The first kappa shape index (κ1) is 15.5. The van der Waals surface area contributed by atoms with E-state index in [2.05, 4.69) is 20.3 Å². The molecule has 3 heterocycles. The first-order chi connectivity index (χ1) is 11.2. The quantitative estimate of drug-likeness (QED) is 0.836. The van der Waals surface area contributed by atoms with Crippen molar-refractivity contribution in [3.8, 4) is 11.5 Å². The highest BCUT2D eigenvalue weighted by molar-refractivity contribution is 5.77. The van der Waals surface area contributed by atoms with Crippen molar-refractivity contribution in [2.24, 2.45) is 0 Å². The maximum atomic E-state index is 11.9. The maximum Gasteiger partial charge on any atom is 0.248 e. The largest absolute Gasteiger partial charge is 0.375 e. The first-order valence-corrected chi connectivity index (χ1v) is 7.58.